The number of aliphatic hydroxyl groups excluding tert-OH is 1. The van der Waals surface area contributed by atoms with Gasteiger partial charge in [0.15, 0.2) is 5.69 Å². The molecule has 0 spiro atoms. The highest BCUT2D eigenvalue weighted by Crippen LogP contribution is 2.24. The Hall–Kier alpha value is -1.89. The number of carbonyl (C=O) groups is 1. The molecule has 7 nitrogen and oxygen atoms in total. The lowest BCUT2D eigenvalue weighted by atomic mass is 9.85. The zero-order valence-corrected chi connectivity index (χ0v) is 11.4. The van der Waals surface area contributed by atoms with Crippen LogP contribution in [-0.2, 0) is 7.05 Å². The maximum absolute atomic E-state index is 12.2. The summed E-state index contributed by atoms with van der Waals surface area (Å²) < 4.78 is 1.27. The van der Waals surface area contributed by atoms with Crippen LogP contribution in [0.25, 0.3) is 0 Å². The van der Waals surface area contributed by atoms with Crippen LogP contribution in [0.15, 0.2) is 12.1 Å². The second kappa shape index (κ2) is 6.04. The van der Waals surface area contributed by atoms with E-state index in [2.05, 4.69) is 5.32 Å². The first-order valence-electron chi connectivity index (χ1n) is 6.76. The van der Waals surface area contributed by atoms with Gasteiger partial charge in [0.1, 0.15) is 0 Å². The third-order valence-electron chi connectivity index (χ3n) is 3.98. The zero-order valence-electron chi connectivity index (χ0n) is 11.4. The first-order valence-corrected chi connectivity index (χ1v) is 6.76. The van der Waals surface area contributed by atoms with E-state index >= 15 is 0 Å². The average Bonchev–Trinajstić information content (AvgIpc) is 2.81. The molecular weight excluding hydrogens is 262 g/mol. The molecule has 0 aromatic carbocycles. The van der Waals surface area contributed by atoms with Crippen LogP contribution in [0.2, 0.25) is 0 Å². The number of hydrogen-bond donors (Lipinski definition) is 2. The van der Waals surface area contributed by atoms with Gasteiger partial charge in [-0.05, 0) is 23.8 Å². The molecule has 0 aliphatic heterocycles. The highest BCUT2D eigenvalue weighted by atomic mass is 16.6. The summed E-state index contributed by atoms with van der Waals surface area (Å²) in [6, 6.07) is 2.71. The van der Waals surface area contributed by atoms with Gasteiger partial charge in [-0.25, -0.2) is 4.57 Å². The predicted molar refractivity (Wildman–Crippen MR) is 72.4 cm³/mol. The molecule has 1 fully saturated rings. The Balaban J connectivity index is 2.10. The fourth-order valence-electron chi connectivity index (χ4n) is 2.77. The molecule has 110 valence electrons. The van der Waals surface area contributed by atoms with Gasteiger partial charge in [0.05, 0.1) is 7.05 Å². The number of aliphatic hydroxyl groups is 1. The van der Waals surface area contributed by atoms with Crippen molar-refractivity contribution in [2.24, 2.45) is 13.0 Å². The summed E-state index contributed by atoms with van der Waals surface area (Å²) in [5.74, 6) is -0.369. The molecule has 1 aliphatic rings. The van der Waals surface area contributed by atoms with Crippen molar-refractivity contribution in [2.45, 2.75) is 31.7 Å². The topological polar surface area (TPSA) is 97.4 Å². The molecule has 7 heteroatoms. The average molecular weight is 281 g/mol. The minimum Gasteiger partial charge on any atom is -0.396 e. The van der Waals surface area contributed by atoms with Gasteiger partial charge < -0.3 is 20.5 Å². The largest absolute Gasteiger partial charge is 0.396 e. The van der Waals surface area contributed by atoms with Crippen molar-refractivity contribution in [1.82, 2.24) is 9.88 Å². The van der Waals surface area contributed by atoms with Crippen molar-refractivity contribution < 1.29 is 14.8 Å². The molecule has 0 bridgehead atoms. The van der Waals surface area contributed by atoms with E-state index in [4.69, 9.17) is 0 Å². The summed E-state index contributed by atoms with van der Waals surface area (Å²) in [6.07, 6.45) is 3.82. The number of nitro groups is 1. The van der Waals surface area contributed by atoms with Crippen molar-refractivity contribution in [2.75, 3.05) is 6.61 Å². The summed E-state index contributed by atoms with van der Waals surface area (Å²) in [7, 11) is 1.50. The van der Waals surface area contributed by atoms with Crippen LogP contribution in [0.3, 0.4) is 0 Å². The Morgan fingerprint density at radius 3 is 2.80 bits per heavy atom. The van der Waals surface area contributed by atoms with Gasteiger partial charge in [-0.15, -0.1) is 0 Å². The molecule has 2 N–H and O–H groups in total. The molecule has 20 heavy (non-hydrogen) atoms. The van der Waals surface area contributed by atoms with E-state index in [1.807, 2.05) is 0 Å². The molecule has 1 aliphatic carbocycles. The highest BCUT2D eigenvalue weighted by Gasteiger charge is 2.28. The van der Waals surface area contributed by atoms with Gasteiger partial charge in [-0.1, -0.05) is 12.8 Å². The second-order valence-corrected chi connectivity index (χ2v) is 5.20. The number of carbonyl (C=O) groups excluding carboxylic acids is 1. The van der Waals surface area contributed by atoms with Gasteiger partial charge in [-0.2, -0.15) is 0 Å². The first-order chi connectivity index (χ1) is 9.54. The predicted octanol–water partition coefficient (Wildman–Crippen LogP) is 1.21. The summed E-state index contributed by atoms with van der Waals surface area (Å²) in [5.41, 5.74) is 0.263. The van der Waals surface area contributed by atoms with Crippen LogP contribution in [-0.4, -0.2) is 33.2 Å². The standard InChI is InChI=1S/C13H19N3O4/c1-15-11(6-7-12(15)16(19)20)13(18)14-10-5-3-2-4-9(10)8-17/h6-7,9-10,17H,2-5,8H2,1H3,(H,14,18). The van der Waals surface area contributed by atoms with Gasteiger partial charge >= 0.3 is 5.82 Å². The lowest BCUT2D eigenvalue weighted by molar-refractivity contribution is -0.391. The third-order valence-corrected chi connectivity index (χ3v) is 3.98. The summed E-state index contributed by atoms with van der Waals surface area (Å²) in [6.45, 7) is 0.0538. The number of hydrogen-bond acceptors (Lipinski definition) is 4. The van der Waals surface area contributed by atoms with E-state index in [0.29, 0.717) is 0 Å². The summed E-state index contributed by atoms with van der Waals surface area (Å²) >= 11 is 0. The lowest BCUT2D eigenvalue weighted by Gasteiger charge is -2.30. The number of aromatic nitrogens is 1. The number of amides is 1. The van der Waals surface area contributed by atoms with Gasteiger partial charge in [0.2, 0.25) is 0 Å². The van der Waals surface area contributed by atoms with Gasteiger partial charge in [0.25, 0.3) is 5.91 Å². The molecular formula is C13H19N3O4. The van der Waals surface area contributed by atoms with Crippen molar-refractivity contribution in [3.8, 4) is 0 Å². The van der Waals surface area contributed by atoms with Gasteiger partial charge in [0, 0.05) is 24.6 Å². The Bertz CT molecular complexity index is 512. The quantitative estimate of drug-likeness (QED) is 0.640. The van der Waals surface area contributed by atoms with Crippen molar-refractivity contribution in [3.05, 3.63) is 27.9 Å². The molecule has 1 saturated carbocycles. The zero-order chi connectivity index (χ0) is 14.7. The fraction of sp³-hybridized carbons (Fsp3) is 0.615. The molecule has 1 heterocycles. The lowest BCUT2D eigenvalue weighted by Crippen LogP contribution is -2.43. The van der Waals surface area contributed by atoms with E-state index in [9.17, 15) is 20.0 Å². The second-order valence-electron chi connectivity index (χ2n) is 5.20. The van der Waals surface area contributed by atoms with Crippen molar-refractivity contribution >= 4 is 11.7 Å². The van der Waals surface area contributed by atoms with Crippen LogP contribution in [0.1, 0.15) is 36.2 Å². The Labute approximate surface area is 116 Å². The third kappa shape index (κ3) is 2.82. The van der Waals surface area contributed by atoms with E-state index < -0.39 is 4.92 Å². The van der Waals surface area contributed by atoms with E-state index in [0.717, 1.165) is 25.7 Å². The molecule has 1 aromatic heterocycles. The van der Waals surface area contributed by atoms with Crippen molar-refractivity contribution in [1.29, 1.82) is 0 Å². The van der Waals surface area contributed by atoms with Crippen molar-refractivity contribution in [3.63, 3.8) is 0 Å². The molecule has 2 unspecified atom stereocenters. The summed E-state index contributed by atoms with van der Waals surface area (Å²) in [5, 5.41) is 23.0. The number of nitrogens with one attached hydrogen (secondary N) is 1. The number of nitrogens with zero attached hydrogens (tertiary/aromatic N) is 2. The maximum Gasteiger partial charge on any atom is 0.323 e. The Morgan fingerprint density at radius 2 is 2.20 bits per heavy atom. The summed E-state index contributed by atoms with van der Waals surface area (Å²) in [4.78, 5) is 22.4. The van der Waals surface area contributed by atoms with E-state index in [1.54, 1.807) is 0 Å². The molecule has 2 rings (SSSR count). The molecule has 1 amide bonds. The highest BCUT2D eigenvalue weighted by molar-refractivity contribution is 5.93. The molecule has 0 radical (unpaired) electrons. The minimum atomic E-state index is -0.520. The Morgan fingerprint density at radius 1 is 1.50 bits per heavy atom. The van der Waals surface area contributed by atoms with Crippen LogP contribution < -0.4 is 5.32 Å². The normalized spacial score (nSPS) is 22.5. The minimum absolute atomic E-state index is 0.0538. The van der Waals surface area contributed by atoms with Crippen LogP contribution in [0.4, 0.5) is 5.82 Å². The smallest absolute Gasteiger partial charge is 0.323 e. The SMILES string of the molecule is Cn1c(C(=O)NC2CCCCC2CO)ccc1[N+](=O)[O-]. The fourth-order valence-corrected chi connectivity index (χ4v) is 2.77. The molecule has 2 atom stereocenters. The molecule has 0 saturated heterocycles. The van der Waals surface area contributed by atoms with Crippen LogP contribution in [0, 0.1) is 16.0 Å². The monoisotopic (exact) mass is 281 g/mol. The Kier molecular flexibility index (Phi) is 4.39. The molecule has 1 aromatic rings. The van der Waals surface area contributed by atoms with Crippen LogP contribution >= 0.6 is 0 Å². The van der Waals surface area contributed by atoms with E-state index in [1.165, 1.54) is 23.7 Å². The van der Waals surface area contributed by atoms with Crippen LogP contribution in [0.5, 0.6) is 0 Å². The van der Waals surface area contributed by atoms with E-state index in [-0.39, 0.29) is 36.0 Å². The maximum atomic E-state index is 12.2. The first kappa shape index (κ1) is 14.5. The van der Waals surface area contributed by atoms with Gasteiger partial charge in [-0.3, -0.25) is 4.79 Å². The number of rotatable bonds is 4.